The van der Waals surface area contributed by atoms with Crippen molar-refractivity contribution >= 4 is 11.6 Å². The molecular formula is C45H48FN3O2. The van der Waals surface area contributed by atoms with E-state index < -0.39 is 5.54 Å². The van der Waals surface area contributed by atoms with Gasteiger partial charge >= 0.3 is 0 Å². The van der Waals surface area contributed by atoms with Gasteiger partial charge in [0.1, 0.15) is 18.2 Å². The van der Waals surface area contributed by atoms with Gasteiger partial charge in [-0.3, -0.25) is 15.0 Å². The van der Waals surface area contributed by atoms with Gasteiger partial charge in [-0.25, -0.2) is 4.39 Å². The summed E-state index contributed by atoms with van der Waals surface area (Å²) in [6.07, 6.45) is 6.52. The molecule has 2 aliphatic rings. The van der Waals surface area contributed by atoms with E-state index in [-0.39, 0.29) is 23.7 Å². The Morgan fingerprint density at radius 3 is 1.96 bits per heavy atom. The molecule has 1 heterocycles. The maximum absolute atomic E-state index is 14.2. The second kappa shape index (κ2) is 16.5. The third-order valence-corrected chi connectivity index (χ3v) is 10.6. The lowest BCUT2D eigenvalue weighted by Gasteiger charge is -2.43. The van der Waals surface area contributed by atoms with Gasteiger partial charge in [0, 0.05) is 36.4 Å². The molecule has 0 radical (unpaired) electrons. The third-order valence-electron chi connectivity index (χ3n) is 10.6. The molecule has 5 nitrogen and oxygen atoms in total. The first-order chi connectivity index (χ1) is 25.1. The highest BCUT2D eigenvalue weighted by molar-refractivity contribution is 6.06. The van der Waals surface area contributed by atoms with Crippen LogP contribution in [0.4, 0.5) is 10.1 Å². The zero-order valence-corrected chi connectivity index (χ0v) is 29.3. The van der Waals surface area contributed by atoms with Crippen molar-refractivity contribution < 1.29 is 13.9 Å². The molecule has 7 rings (SSSR count). The average molecular weight is 682 g/mol. The van der Waals surface area contributed by atoms with Gasteiger partial charge in [0.25, 0.3) is 5.91 Å². The number of benzene rings is 5. The van der Waals surface area contributed by atoms with Crippen LogP contribution < -0.4 is 15.0 Å². The van der Waals surface area contributed by atoms with Gasteiger partial charge in [-0.2, -0.15) is 0 Å². The van der Waals surface area contributed by atoms with Crippen LogP contribution in [0.1, 0.15) is 65.6 Å². The molecule has 1 aliphatic carbocycles. The summed E-state index contributed by atoms with van der Waals surface area (Å²) in [5.74, 6) is 0.517. The number of amides is 1. The molecule has 2 fully saturated rings. The van der Waals surface area contributed by atoms with E-state index in [2.05, 4.69) is 101 Å². The smallest absolute Gasteiger partial charge is 0.258 e. The maximum Gasteiger partial charge on any atom is 0.258 e. The predicted octanol–water partition coefficient (Wildman–Crippen LogP) is 9.09. The predicted molar refractivity (Wildman–Crippen MR) is 204 cm³/mol. The van der Waals surface area contributed by atoms with Gasteiger partial charge in [0.2, 0.25) is 0 Å². The molecule has 5 aromatic rings. The number of carbonyl (C=O) groups excluding carboxylic acids is 1. The van der Waals surface area contributed by atoms with Crippen molar-refractivity contribution in [3.8, 4) is 5.75 Å². The molecule has 51 heavy (non-hydrogen) atoms. The van der Waals surface area contributed by atoms with Crippen molar-refractivity contribution in [2.24, 2.45) is 5.92 Å². The Kier molecular flexibility index (Phi) is 11.2. The fourth-order valence-electron chi connectivity index (χ4n) is 8.06. The summed E-state index contributed by atoms with van der Waals surface area (Å²) >= 11 is 0. The summed E-state index contributed by atoms with van der Waals surface area (Å²) in [5, 5.41) is 4.21. The summed E-state index contributed by atoms with van der Waals surface area (Å²) in [7, 11) is 0. The Morgan fingerprint density at radius 1 is 0.745 bits per heavy atom. The minimum absolute atomic E-state index is 0.133. The van der Waals surface area contributed by atoms with Crippen LogP contribution in [0.3, 0.4) is 0 Å². The van der Waals surface area contributed by atoms with E-state index in [0.717, 1.165) is 56.8 Å². The van der Waals surface area contributed by atoms with Crippen LogP contribution in [0.5, 0.6) is 5.75 Å². The average Bonchev–Trinajstić information content (AvgIpc) is 3.71. The first-order valence-corrected chi connectivity index (χ1v) is 18.6. The number of nitrogens with one attached hydrogen (secondary N) is 1. The molecule has 0 spiro atoms. The Hall–Kier alpha value is -4.78. The Bertz CT molecular complexity index is 1730. The molecular weight excluding hydrogens is 634 g/mol. The first-order valence-electron chi connectivity index (χ1n) is 18.6. The highest BCUT2D eigenvalue weighted by Gasteiger charge is 2.39. The Labute approximate surface area is 302 Å². The van der Waals surface area contributed by atoms with Gasteiger partial charge in [-0.15, -0.1) is 0 Å². The lowest BCUT2D eigenvalue weighted by molar-refractivity contribution is 0.0978. The Morgan fingerprint density at radius 2 is 1.35 bits per heavy atom. The Balaban J connectivity index is 1.16. The minimum atomic E-state index is -0.555. The minimum Gasteiger partial charge on any atom is -0.492 e. The second-order valence-corrected chi connectivity index (χ2v) is 14.0. The maximum atomic E-state index is 14.2. The molecule has 262 valence electrons. The van der Waals surface area contributed by atoms with E-state index in [0.29, 0.717) is 18.7 Å². The third kappa shape index (κ3) is 8.24. The van der Waals surface area contributed by atoms with E-state index in [9.17, 15) is 9.18 Å². The van der Waals surface area contributed by atoms with Crippen LogP contribution in [-0.4, -0.2) is 49.6 Å². The number of hydrogen-bond acceptors (Lipinski definition) is 4. The molecule has 0 bridgehead atoms. The van der Waals surface area contributed by atoms with Crippen LogP contribution in [0.25, 0.3) is 0 Å². The van der Waals surface area contributed by atoms with Crippen molar-refractivity contribution in [1.82, 2.24) is 10.2 Å². The molecule has 1 saturated heterocycles. The van der Waals surface area contributed by atoms with Gasteiger partial charge in [-0.05, 0) is 104 Å². The van der Waals surface area contributed by atoms with E-state index >= 15 is 0 Å². The van der Waals surface area contributed by atoms with Crippen LogP contribution in [0.2, 0.25) is 0 Å². The molecule has 1 N–H and O–H groups in total. The lowest BCUT2D eigenvalue weighted by atomic mass is 9.75. The number of ether oxygens (including phenoxy) is 1. The number of nitrogens with zero attached hydrogens (tertiary/aromatic N) is 2. The van der Waals surface area contributed by atoms with Gasteiger partial charge in [0.05, 0.1) is 5.54 Å². The van der Waals surface area contributed by atoms with Crippen molar-refractivity contribution in [1.29, 1.82) is 0 Å². The zero-order chi connectivity index (χ0) is 34.9. The van der Waals surface area contributed by atoms with E-state index in [1.54, 1.807) is 12.1 Å². The fraction of sp³-hybridized carbons (Fsp3) is 0.311. The number of hydrogen-bond donors (Lipinski definition) is 1. The number of anilines is 1. The van der Waals surface area contributed by atoms with Gasteiger partial charge in [-0.1, -0.05) is 103 Å². The quantitative estimate of drug-likeness (QED) is 0.126. The van der Waals surface area contributed by atoms with E-state index in [1.165, 1.54) is 41.7 Å². The molecule has 0 unspecified atom stereocenters. The van der Waals surface area contributed by atoms with Crippen LogP contribution in [-0.2, 0) is 5.54 Å². The summed E-state index contributed by atoms with van der Waals surface area (Å²) in [6.45, 7) is 4.32. The largest absolute Gasteiger partial charge is 0.492 e. The normalized spacial score (nSPS) is 18.0. The van der Waals surface area contributed by atoms with Gasteiger partial charge in [0.15, 0.2) is 0 Å². The summed E-state index contributed by atoms with van der Waals surface area (Å²) in [6, 6.07) is 46.2. The molecule has 1 amide bonds. The highest BCUT2D eigenvalue weighted by atomic mass is 19.1. The highest BCUT2D eigenvalue weighted by Crippen LogP contribution is 2.39. The lowest BCUT2D eigenvalue weighted by Crippen LogP contribution is -2.51. The molecule has 2 atom stereocenters. The van der Waals surface area contributed by atoms with E-state index in [4.69, 9.17) is 4.74 Å². The standard InChI is InChI=1S/C45H48FN3O2/c46-40-26-24-36(25-27-40)44(50)49(42-22-13-23-43(33-42)51-31-30-48-28-10-11-29-48)34-35-14-12-21-41(32-35)47-45(37-15-4-1-5-16-37,38-17-6-2-7-18-38)39-19-8-3-9-20-39/h1-9,13,15-20,22-27,33,35,41,47H,10-12,14,21,28-32,34H2/t35-,41+/m1/s1. The monoisotopic (exact) mass is 681 g/mol. The summed E-state index contributed by atoms with van der Waals surface area (Å²) < 4.78 is 20.1. The van der Waals surface area contributed by atoms with E-state index in [1.807, 2.05) is 29.2 Å². The molecule has 5 aromatic carbocycles. The van der Waals surface area contributed by atoms with Crippen molar-refractivity contribution in [3.63, 3.8) is 0 Å². The topological polar surface area (TPSA) is 44.8 Å². The van der Waals surface area contributed by atoms with Crippen LogP contribution in [0, 0.1) is 11.7 Å². The number of rotatable bonds is 13. The van der Waals surface area contributed by atoms with Crippen LogP contribution >= 0.6 is 0 Å². The first kappa shape index (κ1) is 34.7. The SMILES string of the molecule is O=C(c1ccc(F)cc1)N(C[C@@H]1CCC[C@H](NC(c2ccccc2)(c2ccccc2)c2ccccc2)C1)c1cccc(OCCN2CCCC2)c1. The number of carbonyl (C=O) groups is 1. The molecule has 1 saturated carbocycles. The van der Waals surface area contributed by atoms with Crippen molar-refractivity contribution in [2.75, 3.05) is 37.7 Å². The number of halogens is 1. The second-order valence-electron chi connectivity index (χ2n) is 14.0. The molecule has 6 heteroatoms. The van der Waals surface area contributed by atoms with Crippen molar-refractivity contribution in [2.45, 2.75) is 50.1 Å². The zero-order valence-electron chi connectivity index (χ0n) is 29.3. The van der Waals surface area contributed by atoms with Crippen molar-refractivity contribution in [3.05, 3.63) is 168 Å². The molecule has 0 aromatic heterocycles. The number of likely N-dealkylation sites (tertiary alicyclic amines) is 1. The summed E-state index contributed by atoms with van der Waals surface area (Å²) in [4.78, 5) is 18.6. The van der Waals surface area contributed by atoms with Crippen LogP contribution in [0.15, 0.2) is 140 Å². The fourth-order valence-corrected chi connectivity index (χ4v) is 8.06. The summed E-state index contributed by atoms with van der Waals surface area (Å²) in [5.41, 5.74) is 4.29. The molecule has 1 aliphatic heterocycles. The van der Waals surface area contributed by atoms with Gasteiger partial charge < -0.3 is 9.64 Å².